The van der Waals surface area contributed by atoms with Crippen LogP contribution in [0.4, 0.5) is 5.69 Å². The van der Waals surface area contributed by atoms with Crippen molar-refractivity contribution in [2.75, 3.05) is 39.4 Å². The van der Waals surface area contributed by atoms with Gasteiger partial charge in [-0.05, 0) is 11.1 Å². The standard InChI is InChI=1S/C19H23NO4/c1-22-15-8-17(19(24-3)18(9-15)23-2)20-10-13-6-4-5-7-16(13)14(11-20)12-21/h4-9,14,21H,10-12H2,1-3H3. The molecular formula is C19H23NO4. The third-order valence-corrected chi connectivity index (χ3v) is 4.53. The molecule has 128 valence electrons. The molecule has 2 aromatic rings. The number of nitrogens with zero attached hydrogens (tertiary/aromatic N) is 1. The summed E-state index contributed by atoms with van der Waals surface area (Å²) in [5.74, 6) is 2.08. The van der Waals surface area contributed by atoms with Gasteiger partial charge in [-0.25, -0.2) is 0 Å². The highest BCUT2D eigenvalue weighted by atomic mass is 16.5. The molecule has 0 spiro atoms. The van der Waals surface area contributed by atoms with E-state index in [1.807, 2.05) is 24.3 Å². The number of aliphatic hydroxyl groups excluding tert-OH is 1. The van der Waals surface area contributed by atoms with Crippen LogP contribution in [0, 0.1) is 0 Å². The highest BCUT2D eigenvalue weighted by Crippen LogP contribution is 2.43. The number of fused-ring (bicyclic) bond motifs is 1. The molecule has 0 saturated carbocycles. The predicted octanol–water partition coefficient (Wildman–Crippen LogP) is 2.81. The topological polar surface area (TPSA) is 51.2 Å². The van der Waals surface area contributed by atoms with Gasteiger partial charge in [-0.2, -0.15) is 0 Å². The fraction of sp³-hybridized carbons (Fsp3) is 0.368. The van der Waals surface area contributed by atoms with Crippen LogP contribution in [0.1, 0.15) is 17.0 Å². The Morgan fingerprint density at radius 2 is 1.88 bits per heavy atom. The minimum absolute atomic E-state index is 0.0665. The van der Waals surface area contributed by atoms with E-state index in [9.17, 15) is 5.11 Å². The van der Waals surface area contributed by atoms with Crippen LogP contribution in [-0.4, -0.2) is 39.6 Å². The first-order valence-electron chi connectivity index (χ1n) is 7.95. The minimum Gasteiger partial charge on any atom is -0.497 e. The summed E-state index contributed by atoms with van der Waals surface area (Å²) in [5.41, 5.74) is 3.33. The fourth-order valence-electron chi connectivity index (χ4n) is 3.32. The zero-order valence-corrected chi connectivity index (χ0v) is 14.3. The van der Waals surface area contributed by atoms with Crippen molar-refractivity contribution in [2.24, 2.45) is 0 Å². The van der Waals surface area contributed by atoms with Crippen LogP contribution in [0.15, 0.2) is 36.4 Å². The molecule has 0 aliphatic carbocycles. The number of rotatable bonds is 5. The Morgan fingerprint density at radius 3 is 2.54 bits per heavy atom. The first-order chi connectivity index (χ1) is 11.7. The number of hydrogen-bond donors (Lipinski definition) is 1. The smallest absolute Gasteiger partial charge is 0.184 e. The van der Waals surface area contributed by atoms with E-state index >= 15 is 0 Å². The molecule has 1 aliphatic rings. The molecular weight excluding hydrogens is 306 g/mol. The van der Waals surface area contributed by atoms with E-state index < -0.39 is 0 Å². The van der Waals surface area contributed by atoms with Crippen molar-refractivity contribution in [3.05, 3.63) is 47.5 Å². The molecule has 0 amide bonds. The van der Waals surface area contributed by atoms with E-state index in [1.54, 1.807) is 21.3 Å². The van der Waals surface area contributed by atoms with Crippen molar-refractivity contribution in [1.82, 2.24) is 0 Å². The van der Waals surface area contributed by atoms with Gasteiger partial charge in [0.2, 0.25) is 0 Å². The number of ether oxygens (including phenoxy) is 3. The van der Waals surface area contributed by atoms with E-state index in [2.05, 4.69) is 17.0 Å². The van der Waals surface area contributed by atoms with Crippen LogP contribution in [0.25, 0.3) is 0 Å². The molecule has 0 aromatic heterocycles. The van der Waals surface area contributed by atoms with Gasteiger partial charge in [0.25, 0.3) is 0 Å². The van der Waals surface area contributed by atoms with Crippen LogP contribution in [0.2, 0.25) is 0 Å². The number of methoxy groups -OCH3 is 3. The number of aliphatic hydroxyl groups is 1. The molecule has 1 atom stereocenters. The van der Waals surface area contributed by atoms with Crippen LogP contribution >= 0.6 is 0 Å². The average molecular weight is 329 g/mol. The molecule has 1 unspecified atom stereocenters. The molecule has 1 heterocycles. The van der Waals surface area contributed by atoms with Gasteiger partial charge in [0.15, 0.2) is 11.5 Å². The zero-order valence-electron chi connectivity index (χ0n) is 14.3. The van der Waals surface area contributed by atoms with Gasteiger partial charge in [0.1, 0.15) is 5.75 Å². The van der Waals surface area contributed by atoms with Crippen molar-refractivity contribution in [3.8, 4) is 17.2 Å². The van der Waals surface area contributed by atoms with E-state index in [4.69, 9.17) is 14.2 Å². The summed E-state index contributed by atoms with van der Waals surface area (Å²) in [6.45, 7) is 1.57. The van der Waals surface area contributed by atoms with Gasteiger partial charge in [-0.3, -0.25) is 0 Å². The molecule has 1 N–H and O–H groups in total. The quantitative estimate of drug-likeness (QED) is 0.914. The number of benzene rings is 2. The largest absolute Gasteiger partial charge is 0.497 e. The van der Waals surface area contributed by atoms with E-state index in [-0.39, 0.29) is 12.5 Å². The Hall–Kier alpha value is -2.40. The van der Waals surface area contributed by atoms with Gasteiger partial charge < -0.3 is 24.2 Å². The molecule has 0 saturated heterocycles. The van der Waals surface area contributed by atoms with Crippen molar-refractivity contribution in [1.29, 1.82) is 0 Å². The van der Waals surface area contributed by atoms with Crippen molar-refractivity contribution < 1.29 is 19.3 Å². The van der Waals surface area contributed by atoms with Crippen molar-refractivity contribution >= 4 is 5.69 Å². The van der Waals surface area contributed by atoms with Gasteiger partial charge >= 0.3 is 0 Å². The Morgan fingerprint density at radius 1 is 1.08 bits per heavy atom. The van der Waals surface area contributed by atoms with E-state index in [0.29, 0.717) is 23.8 Å². The maximum absolute atomic E-state index is 9.82. The lowest BCUT2D eigenvalue weighted by Crippen LogP contribution is -2.35. The second kappa shape index (κ2) is 7.01. The van der Waals surface area contributed by atoms with Crippen molar-refractivity contribution in [3.63, 3.8) is 0 Å². The Kier molecular flexibility index (Phi) is 4.81. The monoisotopic (exact) mass is 329 g/mol. The summed E-state index contributed by atoms with van der Waals surface area (Å²) in [6, 6.07) is 12.0. The third-order valence-electron chi connectivity index (χ3n) is 4.53. The average Bonchev–Trinajstić information content (AvgIpc) is 2.65. The first kappa shape index (κ1) is 16.5. The normalized spacial score (nSPS) is 16.5. The maximum Gasteiger partial charge on any atom is 0.184 e. The Labute approximate surface area is 142 Å². The molecule has 0 fully saturated rings. The second-order valence-corrected chi connectivity index (χ2v) is 5.84. The Balaban J connectivity index is 2.06. The van der Waals surface area contributed by atoms with Crippen LogP contribution in [0.3, 0.4) is 0 Å². The minimum atomic E-state index is 0.0665. The van der Waals surface area contributed by atoms with Gasteiger partial charge in [-0.1, -0.05) is 24.3 Å². The van der Waals surface area contributed by atoms with E-state index in [0.717, 1.165) is 12.2 Å². The highest BCUT2D eigenvalue weighted by Gasteiger charge is 2.28. The first-order valence-corrected chi connectivity index (χ1v) is 7.95. The summed E-state index contributed by atoms with van der Waals surface area (Å²) in [5, 5.41) is 9.82. The molecule has 0 radical (unpaired) electrons. The lowest BCUT2D eigenvalue weighted by atomic mass is 9.90. The lowest BCUT2D eigenvalue weighted by molar-refractivity contribution is 0.261. The Bertz CT molecular complexity index is 717. The SMILES string of the molecule is COc1cc(OC)c(OC)c(N2Cc3ccccc3C(CO)C2)c1. The van der Waals surface area contributed by atoms with Crippen LogP contribution in [-0.2, 0) is 6.54 Å². The summed E-state index contributed by atoms with van der Waals surface area (Å²) in [7, 11) is 4.88. The van der Waals surface area contributed by atoms with E-state index in [1.165, 1.54) is 11.1 Å². The molecule has 5 heteroatoms. The molecule has 0 bridgehead atoms. The summed E-state index contributed by atoms with van der Waals surface area (Å²) < 4.78 is 16.4. The second-order valence-electron chi connectivity index (χ2n) is 5.84. The maximum atomic E-state index is 9.82. The number of hydrogen-bond acceptors (Lipinski definition) is 5. The number of anilines is 1. The van der Waals surface area contributed by atoms with Gasteiger partial charge in [0.05, 0.1) is 33.6 Å². The van der Waals surface area contributed by atoms with Crippen LogP contribution in [0.5, 0.6) is 17.2 Å². The molecule has 5 nitrogen and oxygen atoms in total. The molecule has 3 rings (SSSR count). The summed E-state index contributed by atoms with van der Waals surface area (Å²) in [4.78, 5) is 2.20. The predicted molar refractivity (Wildman–Crippen MR) is 93.4 cm³/mol. The molecule has 2 aromatic carbocycles. The van der Waals surface area contributed by atoms with Crippen LogP contribution < -0.4 is 19.1 Å². The zero-order chi connectivity index (χ0) is 17.1. The van der Waals surface area contributed by atoms with Gasteiger partial charge in [0, 0.05) is 31.1 Å². The fourth-order valence-corrected chi connectivity index (χ4v) is 3.32. The third kappa shape index (κ3) is 2.87. The summed E-state index contributed by atoms with van der Waals surface area (Å²) in [6.07, 6.45) is 0. The lowest BCUT2D eigenvalue weighted by Gasteiger charge is -2.36. The summed E-state index contributed by atoms with van der Waals surface area (Å²) >= 11 is 0. The highest BCUT2D eigenvalue weighted by molar-refractivity contribution is 5.69. The molecule has 1 aliphatic heterocycles. The molecule has 24 heavy (non-hydrogen) atoms. The van der Waals surface area contributed by atoms with Gasteiger partial charge in [-0.15, -0.1) is 0 Å². The van der Waals surface area contributed by atoms with Crippen molar-refractivity contribution in [2.45, 2.75) is 12.5 Å².